The molecule has 20 heavy (non-hydrogen) atoms. The van der Waals surface area contributed by atoms with Crippen LogP contribution in [0.5, 0.6) is 0 Å². The Kier molecular flexibility index (Phi) is 4.42. The maximum Gasteiger partial charge on any atom is 0.271 e. The van der Waals surface area contributed by atoms with Crippen molar-refractivity contribution in [3.8, 4) is 0 Å². The smallest absolute Gasteiger partial charge is 0.271 e. The van der Waals surface area contributed by atoms with E-state index >= 15 is 0 Å². The Morgan fingerprint density at radius 2 is 1.95 bits per heavy atom. The van der Waals surface area contributed by atoms with Gasteiger partial charge in [0.25, 0.3) is 5.91 Å². The van der Waals surface area contributed by atoms with Gasteiger partial charge in [-0.25, -0.2) is 4.98 Å². The topological polar surface area (TPSA) is 46.4 Å². The number of imidazole rings is 1. The van der Waals surface area contributed by atoms with Crippen molar-refractivity contribution >= 4 is 11.6 Å². The molecule has 0 fully saturated rings. The molecule has 0 aliphatic carbocycles. The summed E-state index contributed by atoms with van der Waals surface area (Å²) in [5.74, 6) is 1.49. The number of carbonyl (C=O) groups excluding carboxylic acids is 1. The number of nitrogens with zero attached hydrogens (tertiary/aromatic N) is 2. The van der Waals surface area contributed by atoms with Crippen LogP contribution in [0.4, 0.5) is 0 Å². The van der Waals surface area contributed by atoms with Gasteiger partial charge in [-0.05, 0) is 29.9 Å². The van der Waals surface area contributed by atoms with Crippen LogP contribution < -0.4 is 5.32 Å². The van der Waals surface area contributed by atoms with Crippen LogP contribution >= 0.6 is 0 Å². The van der Waals surface area contributed by atoms with Gasteiger partial charge in [-0.15, -0.1) is 0 Å². The van der Waals surface area contributed by atoms with Gasteiger partial charge in [-0.1, -0.05) is 33.8 Å². The minimum Gasteiger partial charge on any atom is -0.350 e. The van der Waals surface area contributed by atoms with E-state index in [4.69, 9.17) is 0 Å². The van der Waals surface area contributed by atoms with Crippen LogP contribution in [0.15, 0.2) is 30.6 Å². The van der Waals surface area contributed by atoms with Crippen molar-refractivity contribution in [1.29, 1.82) is 0 Å². The average molecular weight is 273 g/mol. The summed E-state index contributed by atoms with van der Waals surface area (Å²) < 4.78 is 1.86. The first kappa shape index (κ1) is 14.6. The Morgan fingerprint density at radius 1 is 1.25 bits per heavy atom. The van der Waals surface area contributed by atoms with Crippen molar-refractivity contribution in [2.24, 2.45) is 17.8 Å². The third-order valence-corrected chi connectivity index (χ3v) is 3.81. The summed E-state index contributed by atoms with van der Waals surface area (Å²) in [4.78, 5) is 16.5. The standard InChI is InChI=1S/C16H23N3O/c1-11(2)13(12(3)4)9-17-16(20)14-10-19-8-6-5-7-15(19)18-14/h5-8,10-13H,9H2,1-4H3,(H,17,20). The van der Waals surface area contributed by atoms with E-state index < -0.39 is 0 Å². The summed E-state index contributed by atoms with van der Waals surface area (Å²) in [5.41, 5.74) is 1.27. The number of nitrogens with one attached hydrogen (secondary N) is 1. The second-order valence-electron chi connectivity index (χ2n) is 5.95. The zero-order valence-corrected chi connectivity index (χ0v) is 12.6. The summed E-state index contributed by atoms with van der Waals surface area (Å²) in [6, 6.07) is 5.73. The van der Waals surface area contributed by atoms with E-state index in [1.54, 1.807) is 6.20 Å². The molecule has 0 unspecified atom stereocenters. The fraction of sp³-hybridized carbons (Fsp3) is 0.500. The van der Waals surface area contributed by atoms with Gasteiger partial charge in [0.15, 0.2) is 0 Å². The van der Waals surface area contributed by atoms with Crippen LogP contribution in [-0.4, -0.2) is 21.8 Å². The van der Waals surface area contributed by atoms with Crippen LogP contribution in [0.3, 0.4) is 0 Å². The van der Waals surface area contributed by atoms with Crippen LogP contribution in [0.2, 0.25) is 0 Å². The first-order valence-corrected chi connectivity index (χ1v) is 7.21. The lowest BCUT2D eigenvalue weighted by molar-refractivity contribution is 0.0933. The molecule has 0 aliphatic heterocycles. The maximum absolute atomic E-state index is 12.2. The highest BCUT2D eigenvalue weighted by atomic mass is 16.1. The Balaban J connectivity index is 2.04. The van der Waals surface area contributed by atoms with Crippen molar-refractivity contribution in [3.63, 3.8) is 0 Å². The molecule has 1 amide bonds. The van der Waals surface area contributed by atoms with E-state index in [9.17, 15) is 4.79 Å². The quantitative estimate of drug-likeness (QED) is 0.910. The summed E-state index contributed by atoms with van der Waals surface area (Å²) in [5, 5.41) is 3.01. The summed E-state index contributed by atoms with van der Waals surface area (Å²) in [6.45, 7) is 9.48. The van der Waals surface area contributed by atoms with Crippen LogP contribution in [0.1, 0.15) is 38.2 Å². The number of fused-ring (bicyclic) bond motifs is 1. The third kappa shape index (κ3) is 3.18. The van der Waals surface area contributed by atoms with E-state index in [0.717, 1.165) is 5.65 Å². The van der Waals surface area contributed by atoms with Crippen molar-refractivity contribution in [1.82, 2.24) is 14.7 Å². The maximum atomic E-state index is 12.2. The van der Waals surface area contributed by atoms with E-state index in [-0.39, 0.29) is 5.91 Å². The Bertz CT molecular complexity index is 545. The predicted molar refractivity (Wildman–Crippen MR) is 80.7 cm³/mol. The van der Waals surface area contributed by atoms with Crippen LogP contribution in [0.25, 0.3) is 5.65 Å². The minimum absolute atomic E-state index is 0.0972. The van der Waals surface area contributed by atoms with Gasteiger partial charge in [0.05, 0.1) is 0 Å². The normalized spacial score (nSPS) is 11.8. The number of pyridine rings is 1. The lowest BCUT2D eigenvalue weighted by Crippen LogP contribution is -2.34. The molecule has 2 heterocycles. The van der Waals surface area contributed by atoms with Gasteiger partial charge in [-0.2, -0.15) is 0 Å². The fourth-order valence-electron chi connectivity index (χ4n) is 2.59. The Labute approximate surface area is 120 Å². The molecule has 0 aliphatic rings. The van der Waals surface area contributed by atoms with Gasteiger partial charge in [0, 0.05) is 18.9 Å². The second kappa shape index (κ2) is 6.07. The van der Waals surface area contributed by atoms with Gasteiger partial charge in [0.2, 0.25) is 0 Å². The summed E-state index contributed by atoms with van der Waals surface area (Å²) >= 11 is 0. The van der Waals surface area contributed by atoms with Crippen molar-refractivity contribution in [2.75, 3.05) is 6.54 Å². The lowest BCUT2D eigenvalue weighted by atomic mass is 9.85. The Hall–Kier alpha value is -1.84. The zero-order valence-electron chi connectivity index (χ0n) is 12.6. The average Bonchev–Trinajstić information content (AvgIpc) is 2.81. The molecule has 4 heteroatoms. The number of hydrogen-bond acceptors (Lipinski definition) is 2. The van der Waals surface area contributed by atoms with E-state index in [2.05, 4.69) is 38.0 Å². The number of hydrogen-bond donors (Lipinski definition) is 1. The molecule has 4 nitrogen and oxygen atoms in total. The molecule has 0 saturated heterocycles. The largest absolute Gasteiger partial charge is 0.350 e. The highest BCUT2D eigenvalue weighted by Crippen LogP contribution is 2.19. The van der Waals surface area contributed by atoms with Crippen LogP contribution in [0, 0.1) is 17.8 Å². The first-order valence-electron chi connectivity index (χ1n) is 7.21. The third-order valence-electron chi connectivity index (χ3n) is 3.81. The van der Waals surface area contributed by atoms with E-state index in [1.165, 1.54) is 0 Å². The van der Waals surface area contributed by atoms with Gasteiger partial charge in [-0.3, -0.25) is 4.79 Å². The van der Waals surface area contributed by atoms with Crippen molar-refractivity contribution in [2.45, 2.75) is 27.7 Å². The molecular formula is C16H23N3O. The minimum atomic E-state index is -0.0972. The van der Waals surface area contributed by atoms with Crippen LogP contribution in [-0.2, 0) is 0 Å². The molecule has 0 aromatic carbocycles. The number of rotatable bonds is 5. The van der Waals surface area contributed by atoms with E-state index in [0.29, 0.717) is 30.0 Å². The zero-order chi connectivity index (χ0) is 14.7. The highest BCUT2D eigenvalue weighted by Gasteiger charge is 2.19. The number of carbonyl (C=O) groups is 1. The predicted octanol–water partition coefficient (Wildman–Crippen LogP) is 2.99. The molecule has 0 atom stereocenters. The summed E-state index contributed by atoms with van der Waals surface area (Å²) in [7, 11) is 0. The number of amides is 1. The molecule has 0 radical (unpaired) electrons. The SMILES string of the molecule is CC(C)C(CNC(=O)c1cn2ccccc2n1)C(C)C. The molecule has 108 valence electrons. The highest BCUT2D eigenvalue weighted by molar-refractivity contribution is 5.92. The van der Waals surface area contributed by atoms with Gasteiger partial charge >= 0.3 is 0 Å². The van der Waals surface area contributed by atoms with Gasteiger partial charge < -0.3 is 9.72 Å². The van der Waals surface area contributed by atoms with E-state index in [1.807, 2.05) is 28.8 Å². The summed E-state index contributed by atoms with van der Waals surface area (Å²) in [6.07, 6.45) is 3.66. The van der Waals surface area contributed by atoms with Crippen molar-refractivity contribution in [3.05, 3.63) is 36.3 Å². The van der Waals surface area contributed by atoms with Crippen molar-refractivity contribution < 1.29 is 4.79 Å². The molecule has 0 spiro atoms. The second-order valence-corrected chi connectivity index (χ2v) is 5.95. The molecule has 0 saturated carbocycles. The molecule has 0 bridgehead atoms. The lowest BCUT2D eigenvalue weighted by Gasteiger charge is -2.24. The molecule has 2 aromatic heterocycles. The molecular weight excluding hydrogens is 250 g/mol. The number of aromatic nitrogens is 2. The first-order chi connectivity index (χ1) is 9.49. The van der Waals surface area contributed by atoms with Gasteiger partial charge in [0.1, 0.15) is 11.3 Å². The molecule has 1 N–H and O–H groups in total. The molecule has 2 rings (SSSR count). The fourth-order valence-corrected chi connectivity index (χ4v) is 2.59. The Morgan fingerprint density at radius 3 is 2.55 bits per heavy atom. The monoisotopic (exact) mass is 273 g/mol. The molecule has 2 aromatic rings.